The summed E-state index contributed by atoms with van der Waals surface area (Å²) in [5.41, 5.74) is 0.788. The molecule has 0 radical (unpaired) electrons. The maximum absolute atomic E-state index is 11.7. The van der Waals surface area contributed by atoms with Crippen LogP contribution in [0.5, 0.6) is 0 Å². The van der Waals surface area contributed by atoms with Gasteiger partial charge in [-0.15, -0.1) is 7.92 Å². The van der Waals surface area contributed by atoms with Crippen molar-refractivity contribution in [3.05, 3.63) is 34.2 Å². The van der Waals surface area contributed by atoms with E-state index < -0.39 is 0 Å². The van der Waals surface area contributed by atoms with Crippen LogP contribution in [0.25, 0.3) is 0 Å². The number of rotatable bonds is 14. The molecular formula is C22H40NO2P. The van der Waals surface area contributed by atoms with Gasteiger partial charge in [0.25, 0.3) is 0 Å². The van der Waals surface area contributed by atoms with Crippen LogP contribution >= 0.6 is 7.92 Å². The number of unbranched alkanes of at least 4 members (excludes halogenated alkanes) is 2. The molecule has 0 saturated heterocycles. The van der Waals surface area contributed by atoms with Crippen LogP contribution in [-0.4, -0.2) is 22.3 Å². The summed E-state index contributed by atoms with van der Waals surface area (Å²) in [4.78, 5) is 11.7. The van der Waals surface area contributed by atoms with E-state index in [9.17, 15) is 10.0 Å². The Bertz CT molecular complexity index is 525. The van der Waals surface area contributed by atoms with E-state index in [1.807, 2.05) is 0 Å². The van der Waals surface area contributed by atoms with Gasteiger partial charge in [-0.3, -0.25) is 4.79 Å². The Hall–Kier alpha value is -0.820. The molecule has 26 heavy (non-hydrogen) atoms. The van der Waals surface area contributed by atoms with E-state index in [4.69, 9.17) is 0 Å². The van der Waals surface area contributed by atoms with Crippen LogP contribution in [0.15, 0.2) is 23.1 Å². The van der Waals surface area contributed by atoms with Crippen LogP contribution in [0.4, 0.5) is 0 Å². The molecule has 1 rings (SSSR count). The SMILES string of the molecule is CCCCC(CC)CP(Cc1cc(=O)ccn1O)CC(CC)CCCC. The molecule has 0 aromatic carbocycles. The fourth-order valence-corrected chi connectivity index (χ4v) is 7.08. The summed E-state index contributed by atoms with van der Waals surface area (Å²) >= 11 is 0. The summed E-state index contributed by atoms with van der Waals surface area (Å²) in [5, 5.41) is 10.1. The Balaban J connectivity index is 2.88. The van der Waals surface area contributed by atoms with E-state index in [-0.39, 0.29) is 13.4 Å². The lowest BCUT2D eigenvalue weighted by Crippen LogP contribution is -2.14. The summed E-state index contributed by atoms with van der Waals surface area (Å²) in [5.74, 6) is 1.57. The summed E-state index contributed by atoms with van der Waals surface area (Å²) in [6, 6.07) is 3.05. The second-order valence-electron chi connectivity index (χ2n) is 7.73. The standard InChI is InChI=1S/C22H40NO2P/c1-5-9-11-19(7-3)16-26(17-20(8-4)12-10-6-2)18-21-15-22(24)13-14-23(21)25/h13-15,19-20,25H,5-12,16-18H2,1-4H3. The minimum absolute atomic E-state index is 0.00343. The molecule has 1 aromatic heterocycles. The average Bonchev–Trinajstić information content (AvgIpc) is 2.64. The molecule has 3 nitrogen and oxygen atoms in total. The third-order valence-electron chi connectivity index (χ3n) is 5.49. The molecule has 150 valence electrons. The molecule has 0 bridgehead atoms. The molecule has 0 amide bonds. The van der Waals surface area contributed by atoms with Crippen molar-refractivity contribution in [1.29, 1.82) is 0 Å². The highest BCUT2D eigenvalue weighted by Crippen LogP contribution is 2.45. The molecule has 0 saturated carbocycles. The van der Waals surface area contributed by atoms with Crippen molar-refractivity contribution >= 4 is 7.92 Å². The Kier molecular flexibility index (Phi) is 11.9. The van der Waals surface area contributed by atoms with E-state index in [0.29, 0.717) is 0 Å². The quantitative estimate of drug-likeness (QED) is 0.295. The monoisotopic (exact) mass is 381 g/mol. The third kappa shape index (κ3) is 8.71. The van der Waals surface area contributed by atoms with Crippen molar-refractivity contribution in [1.82, 2.24) is 4.73 Å². The third-order valence-corrected chi connectivity index (χ3v) is 8.32. The second-order valence-corrected chi connectivity index (χ2v) is 10.1. The lowest BCUT2D eigenvalue weighted by molar-refractivity contribution is 0.176. The van der Waals surface area contributed by atoms with Gasteiger partial charge in [0.05, 0.1) is 5.69 Å². The first-order chi connectivity index (χ1) is 12.5. The van der Waals surface area contributed by atoms with Crippen LogP contribution in [0.2, 0.25) is 0 Å². The normalized spacial score (nSPS) is 14.9. The van der Waals surface area contributed by atoms with Gasteiger partial charge < -0.3 is 5.21 Å². The minimum Gasteiger partial charge on any atom is -0.429 e. The number of hydrogen-bond acceptors (Lipinski definition) is 2. The molecule has 0 aliphatic rings. The van der Waals surface area contributed by atoms with E-state index >= 15 is 0 Å². The van der Waals surface area contributed by atoms with Crippen molar-refractivity contribution in [2.24, 2.45) is 11.8 Å². The highest BCUT2D eigenvalue weighted by Gasteiger charge is 2.20. The Morgan fingerprint density at radius 3 is 2.00 bits per heavy atom. The number of nitrogens with zero attached hydrogens (tertiary/aromatic N) is 1. The number of hydrogen-bond donors (Lipinski definition) is 1. The molecular weight excluding hydrogens is 341 g/mol. The van der Waals surface area contributed by atoms with Crippen molar-refractivity contribution in [3.63, 3.8) is 0 Å². The zero-order valence-corrected chi connectivity index (χ0v) is 18.3. The molecule has 2 unspecified atom stereocenters. The molecule has 2 atom stereocenters. The minimum atomic E-state index is -0.209. The molecule has 1 aromatic rings. The van der Waals surface area contributed by atoms with Gasteiger partial charge in [-0.25, -0.2) is 0 Å². The van der Waals surface area contributed by atoms with E-state index in [1.54, 1.807) is 6.07 Å². The van der Waals surface area contributed by atoms with Gasteiger partial charge in [-0.2, -0.15) is 4.73 Å². The van der Waals surface area contributed by atoms with Crippen molar-refractivity contribution in [2.75, 3.05) is 12.3 Å². The van der Waals surface area contributed by atoms with Gasteiger partial charge >= 0.3 is 0 Å². The van der Waals surface area contributed by atoms with Crippen LogP contribution in [0.3, 0.4) is 0 Å². The van der Waals surface area contributed by atoms with Gasteiger partial charge in [0.15, 0.2) is 5.43 Å². The first-order valence-corrected chi connectivity index (χ1v) is 12.6. The molecule has 0 spiro atoms. The highest BCUT2D eigenvalue weighted by atomic mass is 31.1. The maximum atomic E-state index is 11.7. The predicted octanol–water partition coefficient (Wildman–Crippen LogP) is 6.50. The lowest BCUT2D eigenvalue weighted by atomic mass is 10.0. The van der Waals surface area contributed by atoms with Gasteiger partial charge in [-0.1, -0.05) is 79.1 Å². The number of pyridine rings is 1. The topological polar surface area (TPSA) is 42.2 Å². The van der Waals surface area contributed by atoms with Gasteiger partial charge in [-0.05, 0) is 24.2 Å². The summed E-state index contributed by atoms with van der Waals surface area (Å²) in [6.07, 6.45) is 15.2. The molecule has 4 heteroatoms. The van der Waals surface area contributed by atoms with Gasteiger partial charge in [0, 0.05) is 24.5 Å². The molecule has 0 aliphatic heterocycles. The van der Waals surface area contributed by atoms with Crippen LogP contribution in [0, 0.1) is 11.8 Å². The smallest absolute Gasteiger partial charge is 0.182 e. The Morgan fingerprint density at radius 1 is 1.00 bits per heavy atom. The zero-order valence-electron chi connectivity index (χ0n) is 17.4. The molecule has 1 N–H and O–H groups in total. The summed E-state index contributed by atoms with van der Waals surface area (Å²) in [7, 11) is -0.209. The van der Waals surface area contributed by atoms with Crippen molar-refractivity contribution in [3.8, 4) is 0 Å². The van der Waals surface area contributed by atoms with Crippen LogP contribution in [-0.2, 0) is 6.16 Å². The Labute approximate surface area is 161 Å². The first kappa shape index (κ1) is 23.2. The molecule has 1 heterocycles. The summed E-state index contributed by atoms with van der Waals surface area (Å²) in [6.45, 7) is 9.16. The maximum Gasteiger partial charge on any atom is 0.182 e. The largest absolute Gasteiger partial charge is 0.429 e. The van der Waals surface area contributed by atoms with E-state index in [1.165, 1.54) is 76.0 Å². The van der Waals surface area contributed by atoms with Gasteiger partial charge in [0.2, 0.25) is 0 Å². The van der Waals surface area contributed by atoms with Crippen molar-refractivity contribution in [2.45, 2.75) is 85.2 Å². The van der Waals surface area contributed by atoms with Crippen LogP contribution in [0.1, 0.15) is 84.8 Å². The van der Waals surface area contributed by atoms with Gasteiger partial charge in [0.1, 0.15) is 0 Å². The van der Waals surface area contributed by atoms with E-state index in [2.05, 4.69) is 27.7 Å². The second kappa shape index (κ2) is 13.4. The van der Waals surface area contributed by atoms with Crippen LogP contribution < -0.4 is 5.43 Å². The fourth-order valence-electron chi connectivity index (χ4n) is 3.63. The molecule has 0 fully saturated rings. The first-order valence-electron chi connectivity index (χ1n) is 10.7. The molecule has 0 aliphatic carbocycles. The highest BCUT2D eigenvalue weighted by molar-refractivity contribution is 7.56. The number of aromatic nitrogens is 1. The lowest BCUT2D eigenvalue weighted by Gasteiger charge is -2.27. The Morgan fingerprint density at radius 2 is 1.54 bits per heavy atom. The summed E-state index contributed by atoms with van der Waals surface area (Å²) < 4.78 is 1.16. The zero-order chi connectivity index (χ0) is 19.4. The van der Waals surface area contributed by atoms with E-state index in [0.717, 1.165) is 28.4 Å². The predicted molar refractivity (Wildman–Crippen MR) is 115 cm³/mol. The average molecular weight is 382 g/mol. The fraction of sp³-hybridized carbons (Fsp3) is 0.773. The van der Waals surface area contributed by atoms with Crippen molar-refractivity contribution < 1.29 is 5.21 Å².